The number of amides is 1. The highest BCUT2D eigenvalue weighted by Gasteiger charge is 2.20. The molecule has 98 valence electrons. The van der Waals surface area contributed by atoms with Gasteiger partial charge in [-0.2, -0.15) is 15.5 Å². The monoisotopic (exact) mass is 266 g/mol. The number of carbonyl (C=O) groups excluding carboxylic acids is 1. The van der Waals surface area contributed by atoms with Crippen LogP contribution < -0.4 is 10.1 Å². The summed E-state index contributed by atoms with van der Waals surface area (Å²) in [7, 11) is 0. The van der Waals surface area contributed by atoms with Crippen LogP contribution in [0.2, 0.25) is 0 Å². The average Bonchev–Trinajstić information content (AvgIpc) is 2.49. The van der Waals surface area contributed by atoms with Crippen molar-refractivity contribution in [3.05, 3.63) is 47.8 Å². The molecule has 1 atom stereocenters. The molecule has 2 heterocycles. The van der Waals surface area contributed by atoms with Crippen LogP contribution in [0.1, 0.15) is 17.2 Å². The molecule has 1 aliphatic rings. The van der Waals surface area contributed by atoms with E-state index in [2.05, 4.69) is 21.6 Å². The topological polar surface area (TPSA) is 87.9 Å². The van der Waals surface area contributed by atoms with Gasteiger partial charge in [-0.25, -0.2) is 0 Å². The maximum Gasteiger partial charge on any atom is 0.262 e. The standard InChI is InChI=1S/C14H10N4O2/c15-7-10(11-2-1-5-16-18-11)9-3-4-13-12(6-9)17-14(19)8-20-13/h1-6,10H,8H2,(H,17,19). The van der Waals surface area contributed by atoms with Gasteiger partial charge in [0.2, 0.25) is 0 Å². The predicted molar refractivity (Wildman–Crippen MR) is 70.1 cm³/mol. The second-order valence-electron chi connectivity index (χ2n) is 4.30. The number of carbonyl (C=O) groups is 1. The molecule has 1 N–H and O–H groups in total. The molecule has 0 bridgehead atoms. The van der Waals surface area contributed by atoms with Crippen molar-refractivity contribution in [2.45, 2.75) is 5.92 Å². The summed E-state index contributed by atoms with van der Waals surface area (Å²) in [5, 5.41) is 19.8. The molecule has 0 radical (unpaired) electrons. The Morgan fingerprint density at radius 2 is 2.30 bits per heavy atom. The molecule has 6 heteroatoms. The molecule has 6 nitrogen and oxygen atoms in total. The van der Waals surface area contributed by atoms with E-state index in [0.29, 0.717) is 17.1 Å². The molecule has 0 aliphatic carbocycles. The molecule has 1 aromatic carbocycles. The van der Waals surface area contributed by atoms with Gasteiger partial charge in [-0.05, 0) is 29.8 Å². The van der Waals surface area contributed by atoms with Crippen LogP contribution in [0.5, 0.6) is 5.75 Å². The Labute approximate surface area is 115 Å². The molecule has 2 aromatic rings. The van der Waals surface area contributed by atoms with Crippen LogP contribution >= 0.6 is 0 Å². The fourth-order valence-electron chi connectivity index (χ4n) is 2.06. The van der Waals surface area contributed by atoms with Gasteiger partial charge in [-0.15, -0.1) is 0 Å². The van der Waals surface area contributed by atoms with E-state index >= 15 is 0 Å². The minimum atomic E-state index is -0.534. The first-order valence-corrected chi connectivity index (χ1v) is 6.02. The number of fused-ring (bicyclic) bond motifs is 1. The molecule has 0 fully saturated rings. The highest BCUT2D eigenvalue weighted by atomic mass is 16.5. The van der Waals surface area contributed by atoms with E-state index in [-0.39, 0.29) is 12.5 Å². The number of hydrogen-bond acceptors (Lipinski definition) is 5. The molecule has 1 aliphatic heterocycles. The van der Waals surface area contributed by atoms with E-state index in [1.807, 2.05) is 0 Å². The number of nitriles is 1. The number of anilines is 1. The molecule has 1 amide bonds. The summed E-state index contributed by atoms with van der Waals surface area (Å²) in [6.07, 6.45) is 1.55. The zero-order valence-corrected chi connectivity index (χ0v) is 10.4. The van der Waals surface area contributed by atoms with Crippen molar-refractivity contribution in [2.75, 3.05) is 11.9 Å². The normalized spacial score (nSPS) is 14.4. The first-order chi connectivity index (χ1) is 9.78. The van der Waals surface area contributed by atoms with Gasteiger partial charge < -0.3 is 10.1 Å². The first kappa shape index (κ1) is 12.1. The first-order valence-electron chi connectivity index (χ1n) is 6.02. The lowest BCUT2D eigenvalue weighted by Crippen LogP contribution is -2.25. The summed E-state index contributed by atoms with van der Waals surface area (Å²) in [6, 6.07) is 10.9. The molecule has 1 aromatic heterocycles. The number of ether oxygens (including phenoxy) is 1. The summed E-state index contributed by atoms with van der Waals surface area (Å²) in [4.78, 5) is 11.3. The van der Waals surface area contributed by atoms with Gasteiger partial charge in [0, 0.05) is 6.20 Å². The Morgan fingerprint density at radius 1 is 1.40 bits per heavy atom. The quantitative estimate of drug-likeness (QED) is 0.889. The largest absolute Gasteiger partial charge is 0.482 e. The van der Waals surface area contributed by atoms with Crippen molar-refractivity contribution in [3.8, 4) is 11.8 Å². The van der Waals surface area contributed by atoms with Crippen molar-refractivity contribution in [1.82, 2.24) is 10.2 Å². The average molecular weight is 266 g/mol. The van der Waals surface area contributed by atoms with Gasteiger partial charge in [0.05, 0.1) is 17.5 Å². The van der Waals surface area contributed by atoms with Gasteiger partial charge in [-0.1, -0.05) is 6.07 Å². The zero-order chi connectivity index (χ0) is 13.9. The number of aromatic nitrogens is 2. The van der Waals surface area contributed by atoms with Crippen molar-refractivity contribution in [2.24, 2.45) is 0 Å². The van der Waals surface area contributed by atoms with Gasteiger partial charge in [0.1, 0.15) is 11.7 Å². The van der Waals surface area contributed by atoms with Crippen LogP contribution in [0.15, 0.2) is 36.5 Å². The second-order valence-corrected chi connectivity index (χ2v) is 4.30. The fourth-order valence-corrected chi connectivity index (χ4v) is 2.06. The molecule has 0 saturated heterocycles. The highest BCUT2D eigenvalue weighted by Crippen LogP contribution is 2.32. The van der Waals surface area contributed by atoms with Crippen LogP contribution in [-0.2, 0) is 4.79 Å². The highest BCUT2D eigenvalue weighted by molar-refractivity contribution is 5.95. The third-order valence-corrected chi connectivity index (χ3v) is 2.99. The number of nitrogens with one attached hydrogen (secondary N) is 1. The van der Waals surface area contributed by atoms with Crippen LogP contribution in [0.25, 0.3) is 0 Å². The molecule has 3 rings (SSSR count). The smallest absolute Gasteiger partial charge is 0.262 e. The Bertz CT molecular complexity index is 694. The minimum absolute atomic E-state index is 0.0121. The van der Waals surface area contributed by atoms with Gasteiger partial charge >= 0.3 is 0 Å². The van der Waals surface area contributed by atoms with E-state index in [4.69, 9.17) is 4.74 Å². The summed E-state index contributed by atoms with van der Waals surface area (Å²) in [6.45, 7) is 0.0121. The Balaban J connectivity index is 2.00. The van der Waals surface area contributed by atoms with Crippen molar-refractivity contribution >= 4 is 11.6 Å². The van der Waals surface area contributed by atoms with Crippen LogP contribution in [-0.4, -0.2) is 22.7 Å². The van der Waals surface area contributed by atoms with Gasteiger partial charge in [-0.3, -0.25) is 4.79 Å². The molecule has 0 spiro atoms. The molecule has 0 saturated carbocycles. The van der Waals surface area contributed by atoms with Crippen molar-refractivity contribution < 1.29 is 9.53 Å². The van der Waals surface area contributed by atoms with E-state index < -0.39 is 5.92 Å². The molecular weight excluding hydrogens is 256 g/mol. The predicted octanol–water partition coefficient (Wildman–Crippen LogP) is 1.46. The third-order valence-electron chi connectivity index (χ3n) is 2.99. The van der Waals surface area contributed by atoms with Crippen LogP contribution in [0.3, 0.4) is 0 Å². The van der Waals surface area contributed by atoms with Crippen molar-refractivity contribution in [1.29, 1.82) is 5.26 Å². The maximum absolute atomic E-state index is 11.3. The van der Waals surface area contributed by atoms with Gasteiger partial charge in [0.15, 0.2) is 6.61 Å². The third kappa shape index (κ3) is 2.17. The number of nitrogens with zero attached hydrogens (tertiary/aromatic N) is 3. The number of rotatable bonds is 2. The molecule has 1 unspecified atom stereocenters. The fraction of sp³-hybridized carbons (Fsp3) is 0.143. The van der Waals surface area contributed by atoms with E-state index in [1.54, 1.807) is 36.5 Å². The number of benzene rings is 1. The summed E-state index contributed by atoms with van der Waals surface area (Å²) in [5.74, 6) is -0.139. The lowest BCUT2D eigenvalue weighted by Gasteiger charge is -2.19. The number of hydrogen-bond donors (Lipinski definition) is 1. The molecular formula is C14H10N4O2. The lowest BCUT2D eigenvalue weighted by molar-refractivity contribution is -0.118. The summed E-state index contributed by atoms with van der Waals surface area (Å²) >= 11 is 0. The van der Waals surface area contributed by atoms with Crippen LogP contribution in [0.4, 0.5) is 5.69 Å². The Kier molecular flexibility index (Phi) is 3.01. The Hall–Kier alpha value is -2.94. The van der Waals surface area contributed by atoms with E-state index in [0.717, 1.165) is 5.56 Å². The van der Waals surface area contributed by atoms with Crippen LogP contribution in [0, 0.1) is 11.3 Å². The maximum atomic E-state index is 11.3. The lowest BCUT2D eigenvalue weighted by atomic mass is 9.96. The Morgan fingerprint density at radius 3 is 3.05 bits per heavy atom. The van der Waals surface area contributed by atoms with E-state index in [1.165, 1.54) is 0 Å². The summed E-state index contributed by atoms with van der Waals surface area (Å²) in [5.41, 5.74) is 1.87. The van der Waals surface area contributed by atoms with E-state index in [9.17, 15) is 10.1 Å². The van der Waals surface area contributed by atoms with Gasteiger partial charge in [0.25, 0.3) is 5.91 Å². The molecule has 20 heavy (non-hydrogen) atoms. The second kappa shape index (κ2) is 4.97. The van der Waals surface area contributed by atoms with Crippen molar-refractivity contribution in [3.63, 3.8) is 0 Å². The minimum Gasteiger partial charge on any atom is -0.482 e. The summed E-state index contributed by atoms with van der Waals surface area (Å²) < 4.78 is 5.29. The zero-order valence-electron chi connectivity index (χ0n) is 10.4. The SMILES string of the molecule is N#CC(c1ccc2c(c1)NC(=O)CO2)c1cccnn1.